The number of benzene rings is 2. The van der Waals surface area contributed by atoms with Crippen molar-refractivity contribution in [2.75, 3.05) is 25.7 Å². The molecule has 0 bridgehead atoms. The molecule has 130 valence electrons. The minimum Gasteiger partial charge on any atom is -0.496 e. The van der Waals surface area contributed by atoms with Crippen LogP contribution in [0.15, 0.2) is 47.4 Å². The molecular formula is C18H18N2O4S. The van der Waals surface area contributed by atoms with Gasteiger partial charge in [0.05, 0.1) is 12.0 Å². The first-order chi connectivity index (χ1) is 12.0. The molecule has 7 heteroatoms. The van der Waals surface area contributed by atoms with Gasteiger partial charge in [-0.1, -0.05) is 12.1 Å². The smallest absolute Gasteiger partial charge is 0.292 e. The Morgan fingerprint density at radius 2 is 2.04 bits per heavy atom. The molecule has 1 N–H and O–H groups in total. The van der Waals surface area contributed by atoms with Crippen molar-refractivity contribution >= 4 is 35.0 Å². The van der Waals surface area contributed by atoms with Crippen LogP contribution in [0.5, 0.6) is 5.75 Å². The first-order valence-corrected chi connectivity index (χ1v) is 8.63. The Kier molecular flexibility index (Phi) is 6.19. The molecule has 0 fully saturated rings. The summed E-state index contributed by atoms with van der Waals surface area (Å²) in [6, 6.07) is 9.99. The topological polar surface area (TPSA) is 81.5 Å². The minimum absolute atomic E-state index is 0.0388. The molecule has 0 aliphatic rings. The van der Waals surface area contributed by atoms with E-state index in [0.29, 0.717) is 22.6 Å². The second-order valence-corrected chi connectivity index (χ2v) is 5.90. The van der Waals surface area contributed by atoms with Gasteiger partial charge in [-0.25, -0.2) is 0 Å². The molecule has 0 radical (unpaired) electrons. The van der Waals surface area contributed by atoms with Gasteiger partial charge in [0, 0.05) is 23.6 Å². The molecule has 0 amide bonds. The molecule has 2 aromatic carbocycles. The number of nitro benzene ring substituents is 1. The normalized spacial score (nSPS) is 10.7. The summed E-state index contributed by atoms with van der Waals surface area (Å²) in [4.78, 5) is 23.9. The van der Waals surface area contributed by atoms with Gasteiger partial charge < -0.3 is 10.1 Å². The van der Waals surface area contributed by atoms with E-state index in [0.717, 1.165) is 4.90 Å². The Hall–Kier alpha value is -2.80. The number of nitrogens with one attached hydrogen (secondary N) is 1. The van der Waals surface area contributed by atoms with Crippen LogP contribution in [0.25, 0.3) is 6.08 Å². The van der Waals surface area contributed by atoms with Crippen molar-refractivity contribution < 1.29 is 14.5 Å². The lowest BCUT2D eigenvalue weighted by Crippen LogP contribution is -1.97. The Balaban J connectivity index is 2.26. The van der Waals surface area contributed by atoms with Crippen LogP contribution in [0.4, 0.5) is 11.4 Å². The van der Waals surface area contributed by atoms with Crippen LogP contribution >= 0.6 is 11.8 Å². The third-order valence-electron chi connectivity index (χ3n) is 3.58. The fourth-order valence-corrected chi connectivity index (χ4v) is 2.82. The summed E-state index contributed by atoms with van der Waals surface area (Å²) in [6.45, 7) is 0. The predicted octanol–water partition coefficient (Wildman–Crippen LogP) is 4.26. The second kappa shape index (κ2) is 8.34. The maximum Gasteiger partial charge on any atom is 0.292 e. The van der Waals surface area contributed by atoms with Crippen molar-refractivity contribution in [2.45, 2.75) is 4.90 Å². The number of anilines is 1. The number of thioether (sulfide) groups is 1. The molecular weight excluding hydrogens is 340 g/mol. The number of ketones is 1. The molecule has 0 unspecified atom stereocenters. The first kappa shape index (κ1) is 18.5. The highest BCUT2D eigenvalue weighted by atomic mass is 32.2. The van der Waals surface area contributed by atoms with Crippen LogP contribution in [0.2, 0.25) is 0 Å². The molecule has 0 aromatic heterocycles. The van der Waals surface area contributed by atoms with Gasteiger partial charge in [0.15, 0.2) is 5.78 Å². The summed E-state index contributed by atoms with van der Waals surface area (Å²) in [5, 5.41) is 13.9. The summed E-state index contributed by atoms with van der Waals surface area (Å²) in [7, 11) is 3.18. The van der Waals surface area contributed by atoms with Crippen LogP contribution in [0.3, 0.4) is 0 Å². The van der Waals surface area contributed by atoms with E-state index in [1.54, 1.807) is 44.5 Å². The maximum atomic E-state index is 12.3. The molecule has 0 atom stereocenters. The minimum atomic E-state index is -0.461. The fraction of sp³-hybridized carbons (Fsp3) is 0.167. The Morgan fingerprint density at radius 3 is 2.64 bits per heavy atom. The standard InChI is InChI=1S/C18H18N2O4S/c1-19-14-7-4-12(10-15(14)20(22)23)5-8-16(21)13-6-9-18(25-3)17(11-13)24-2/h4-11,19H,1-3H3/b8-5+. The number of carbonyl (C=O) groups excluding carboxylic acids is 1. The summed E-state index contributed by atoms with van der Waals surface area (Å²) in [5.74, 6) is 0.437. The lowest BCUT2D eigenvalue weighted by atomic mass is 10.1. The third-order valence-corrected chi connectivity index (χ3v) is 4.36. The largest absolute Gasteiger partial charge is 0.496 e. The van der Waals surface area contributed by atoms with E-state index in [-0.39, 0.29) is 11.5 Å². The number of ether oxygens (including phenoxy) is 1. The average molecular weight is 358 g/mol. The monoisotopic (exact) mass is 358 g/mol. The molecule has 0 saturated heterocycles. The van der Waals surface area contributed by atoms with Gasteiger partial charge in [-0.05, 0) is 42.2 Å². The van der Waals surface area contributed by atoms with Crippen LogP contribution in [-0.2, 0) is 0 Å². The third kappa shape index (κ3) is 4.39. The molecule has 0 saturated carbocycles. The number of nitro groups is 1. The molecule has 2 aromatic rings. The zero-order valence-corrected chi connectivity index (χ0v) is 14.9. The zero-order valence-electron chi connectivity index (χ0n) is 14.1. The van der Waals surface area contributed by atoms with E-state index in [9.17, 15) is 14.9 Å². The van der Waals surface area contributed by atoms with Gasteiger partial charge >= 0.3 is 0 Å². The highest BCUT2D eigenvalue weighted by molar-refractivity contribution is 7.98. The molecule has 6 nitrogen and oxygen atoms in total. The fourth-order valence-electron chi connectivity index (χ4n) is 2.27. The van der Waals surface area contributed by atoms with Gasteiger partial charge in [0.25, 0.3) is 5.69 Å². The van der Waals surface area contributed by atoms with E-state index in [4.69, 9.17) is 4.74 Å². The number of hydrogen-bond acceptors (Lipinski definition) is 6. The van der Waals surface area contributed by atoms with Crippen molar-refractivity contribution in [1.82, 2.24) is 0 Å². The average Bonchev–Trinajstić information content (AvgIpc) is 2.65. The van der Waals surface area contributed by atoms with Gasteiger partial charge in [-0.3, -0.25) is 14.9 Å². The van der Waals surface area contributed by atoms with E-state index >= 15 is 0 Å². The predicted molar refractivity (Wildman–Crippen MR) is 101 cm³/mol. The van der Waals surface area contributed by atoms with E-state index in [1.165, 1.54) is 23.9 Å². The molecule has 0 heterocycles. The number of rotatable bonds is 7. The lowest BCUT2D eigenvalue weighted by molar-refractivity contribution is -0.383. The van der Waals surface area contributed by atoms with Crippen molar-refractivity contribution in [1.29, 1.82) is 0 Å². The lowest BCUT2D eigenvalue weighted by Gasteiger charge is -2.07. The first-order valence-electron chi connectivity index (χ1n) is 7.40. The van der Waals surface area contributed by atoms with Crippen molar-refractivity contribution in [3.8, 4) is 5.75 Å². The second-order valence-electron chi connectivity index (χ2n) is 5.05. The van der Waals surface area contributed by atoms with Crippen LogP contribution < -0.4 is 10.1 Å². The highest BCUT2D eigenvalue weighted by Crippen LogP contribution is 2.29. The van der Waals surface area contributed by atoms with Crippen LogP contribution in [0, 0.1) is 10.1 Å². The SMILES string of the molecule is CNc1ccc(/C=C/C(=O)c2ccc(SC)c(OC)c2)cc1[N+](=O)[O-]. The molecule has 0 aliphatic heterocycles. The maximum absolute atomic E-state index is 12.3. The van der Waals surface area contributed by atoms with Crippen molar-refractivity contribution in [3.05, 3.63) is 63.7 Å². The molecule has 0 spiro atoms. The van der Waals surface area contributed by atoms with Gasteiger partial charge in [0.2, 0.25) is 0 Å². The molecule has 2 rings (SSSR count). The molecule has 0 aliphatic carbocycles. The summed E-state index contributed by atoms with van der Waals surface area (Å²) in [5.41, 5.74) is 1.45. The van der Waals surface area contributed by atoms with E-state index in [2.05, 4.69) is 5.32 Å². The highest BCUT2D eigenvalue weighted by Gasteiger charge is 2.13. The summed E-state index contributed by atoms with van der Waals surface area (Å²) < 4.78 is 5.28. The van der Waals surface area contributed by atoms with E-state index < -0.39 is 4.92 Å². The van der Waals surface area contributed by atoms with Gasteiger partial charge in [0.1, 0.15) is 11.4 Å². The van der Waals surface area contributed by atoms with Crippen LogP contribution in [-0.4, -0.2) is 31.1 Å². The van der Waals surface area contributed by atoms with Crippen molar-refractivity contribution in [3.63, 3.8) is 0 Å². The zero-order chi connectivity index (χ0) is 18.4. The van der Waals surface area contributed by atoms with Gasteiger partial charge in [-0.15, -0.1) is 11.8 Å². The number of carbonyl (C=O) groups is 1. The summed E-state index contributed by atoms with van der Waals surface area (Å²) >= 11 is 1.53. The van der Waals surface area contributed by atoms with E-state index in [1.807, 2.05) is 12.3 Å². The quantitative estimate of drug-likeness (QED) is 0.262. The van der Waals surface area contributed by atoms with Crippen molar-refractivity contribution in [2.24, 2.45) is 0 Å². The number of hydrogen-bond donors (Lipinski definition) is 1. The Bertz CT molecular complexity index is 834. The van der Waals surface area contributed by atoms with Gasteiger partial charge in [-0.2, -0.15) is 0 Å². The summed E-state index contributed by atoms with van der Waals surface area (Å²) in [6.07, 6.45) is 4.89. The number of methoxy groups -OCH3 is 1. The number of nitrogens with zero attached hydrogens (tertiary/aromatic N) is 1. The van der Waals surface area contributed by atoms with Crippen LogP contribution in [0.1, 0.15) is 15.9 Å². The Labute approximate surface area is 150 Å². The number of allylic oxidation sites excluding steroid dienone is 1. The molecule has 25 heavy (non-hydrogen) atoms. The Morgan fingerprint density at radius 1 is 1.28 bits per heavy atom.